The molecule has 0 aromatic heterocycles. The summed E-state index contributed by atoms with van der Waals surface area (Å²) in [6.45, 7) is 3.36. The molecule has 0 saturated carbocycles. The van der Waals surface area contributed by atoms with E-state index >= 15 is 0 Å². The molecular formula is C30H16F6O4. The van der Waals surface area contributed by atoms with Gasteiger partial charge in [-0.05, 0) is 72.1 Å². The van der Waals surface area contributed by atoms with Gasteiger partial charge in [0.2, 0.25) is 0 Å². The predicted octanol–water partition coefficient (Wildman–Crippen LogP) is 7.88. The van der Waals surface area contributed by atoms with Crippen LogP contribution in [0.3, 0.4) is 0 Å². The molecule has 0 aliphatic carbocycles. The van der Waals surface area contributed by atoms with E-state index in [-0.39, 0.29) is 11.5 Å². The molecule has 0 N–H and O–H groups in total. The lowest BCUT2D eigenvalue weighted by Gasteiger charge is -2.17. The van der Waals surface area contributed by atoms with E-state index in [1.165, 1.54) is 12.1 Å². The number of fused-ring (bicyclic) bond motifs is 2. The van der Waals surface area contributed by atoms with E-state index in [4.69, 9.17) is 9.47 Å². The Morgan fingerprint density at radius 2 is 0.925 bits per heavy atom. The largest absolute Gasteiger partial charge is 0.422 e. The quantitative estimate of drug-likeness (QED) is 0.0746. The number of benzene rings is 5. The third-order valence-electron chi connectivity index (χ3n) is 6.53. The smallest absolute Gasteiger partial charge is 0.346 e. The normalized spacial score (nSPS) is 11.2. The lowest BCUT2D eigenvalue weighted by Crippen LogP contribution is -2.13. The Balaban J connectivity index is 1.64. The van der Waals surface area contributed by atoms with Gasteiger partial charge in [-0.1, -0.05) is 24.3 Å². The van der Waals surface area contributed by atoms with E-state index in [0.717, 1.165) is 12.1 Å². The van der Waals surface area contributed by atoms with Crippen LogP contribution in [0.25, 0.3) is 21.5 Å². The Morgan fingerprint density at radius 1 is 0.525 bits per heavy atom. The number of hydrogen-bond donors (Lipinski definition) is 0. The third kappa shape index (κ3) is 4.31. The van der Waals surface area contributed by atoms with Crippen molar-refractivity contribution in [2.45, 2.75) is 13.8 Å². The fourth-order valence-electron chi connectivity index (χ4n) is 4.58. The molecule has 5 rings (SSSR count). The fraction of sp³-hybridized carbons (Fsp3) is 0.0667. The molecule has 0 radical (unpaired) electrons. The van der Waals surface area contributed by atoms with Crippen LogP contribution in [0.5, 0.6) is 11.5 Å². The number of ether oxygens (including phenoxy) is 2. The first-order valence-electron chi connectivity index (χ1n) is 11.7. The molecule has 0 saturated heterocycles. The van der Waals surface area contributed by atoms with Crippen molar-refractivity contribution in [3.8, 4) is 11.5 Å². The zero-order valence-electron chi connectivity index (χ0n) is 20.7. The van der Waals surface area contributed by atoms with Crippen molar-refractivity contribution in [2.24, 2.45) is 0 Å². The summed E-state index contributed by atoms with van der Waals surface area (Å²) in [5, 5.41) is 1.92. The van der Waals surface area contributed by atoms with Crippen molar-refractivity contribution in [3.63, 3.8) is 0 Å². The second kappa shape index (κ2) is 10.0. The standard InChI is InChI=1S/C30H16F6O4/c1-13-15-5-3-7-21(39-29(37)17-9-11-19(31)27(35)25(17)33)23(15)14(2)24-16(13)6-4-8-22(24)40-30(38)18-10-12-20(32)28(36)26(18)34/h3-12H,1-2H3. The third-order valence-corrected chi connectivity index (χ3v) is 6.53. The van der Waals surface area contributed by atoms with Crippen LogP contribution in [0.4, 0.5) is 26.3 Å². The van der Waals surface area contributed by atoms with E-state index < -0.39 is 58.0 Å². The van der Waals surface area contributed by atoms with Gasteiger partial charge in [-0.3, -0.25) is 0 Å². The Labute approximate surface area is 222 Å². The Bertz CT molecular complexity index is 1750. The highest BCUT2D eigenvalue weighted by Gasteiger charge is 2.24. The molecule has 5 aromatic rings. The van der Waals surface area contributed by atoms with E-state index in [2.05, 4.69) is 0 Å². The van der Waals surface area contributed by atoms with Crippen molar-refractivity contribution in [1.29, 1.82) is 0 Å². The van der Waals surface area contributed by atoms with E-state index in [1.54, 1.807) is 38.1 Å². The molecule has 0 bridgehead atoms. The summed E-state index contributed by atoms with van der Waals surface area (Å²) in [5.74, 6) is -12.7. The Hall–Kier alpha value is -4.86. The topological polar surface area (TPSA) is 52.6 Å². The van der Waals surface area contributed by atoms with Gasteiger partial charge in [-0.25, -0.2) is 35.9 Å². The highest BCUT2D eigenvalue weighted by atomic mass is 19.2. The summed E-state index contributed by atoms with van der Waals surface area (Å²) >= 11 is 0. The first-order chi connectivity index (χ1) is 19.0. The second-order valence-electron chi connectivity index (χ2n) is 8.83. The number of hydrogen-bond acceptors (Lipinski definition) is 4. The number of carbonyl (C=O) groups is 2. The number of rotatable bonds is 4. The van der Waals surface area contributed by atoms with Crippen LogP contribution >= 0.6 is 0 Å². The van der Waals surface area contributed by atoms with Gasteiger partial charge in [-0.2, -0.15) is 0 Å². The van der Waals surface area contributed by atoms with Crippen LogP contribution in [0.1, 0.15) is 31.8 Å². The van der Waals surface area contributed by atoms with E-state index in [9.17, 15) is 35.9 Å². The summed E-state index contributed by atoms with van der Waals surface area (Å²) in [4.78, 5) is 25.5. The van der Waals surface area contributed by atoms with Gasteiger partial charge in [0.25, 0.3) is 0 Å². The molecule has 4 nitrogen and oxygen atoms in total. The molecule has 0 unspecified atom stereocenters. The summed E-state index contributed by atoms with van der Waals surface area (Å²) < 4.78 is 93.4. The monoisotopic (exact) mass is 554 g/mol. The van der Waals surface area contributed by atoms with Crippen LogP contribution in [-0.4, -0.2) is 11.9 Å². The number of halogens is 6. The molecule has 0 spiro atoms. The maximum Gasteiger partial charge on any atom is 0.346 e. The van der Waals surface area contributed by atoms with Gasteiger partial charge >= 0.3 is 11.9 Å². The molecule has 0 heterocycles. The van der Waals surface area contributed by atoms with Crippen LogP contribution < -0.4 is 9.47 Å². The van der Waals surface area contributed by atoms with Crippen molar-refractivity contribution in [1.82, 2.24) is 0 Å². The van der Waals surface area contributed by atoms with E-state index in [1.807, 2.05) is 0 Å². The van der Waals surface area contributed by atoms with Gasteiger partial charge in [0.15, 0.2) is 34.9 Å². The second-order valence-corrected chi connectivity index (χ2v) is 8.83. The van der Waals surface area contributed by atoms with Crippen LogP contribution in [0.15, 0.2) is 60.7 Å². The highest BCUT2D eigenvalue weighted by molar-refractivity contribution is 6.11. The van der Waals surface area contributed by atoms with Crippen LogP contribution in [-0.2, 0) is 0 Å². The highest BCUT2D eigenvalue weighted by Crippen LogP contribution is 2.41. The maximum absolute atomic E-state index is 14.2. The lowest BCUT2D eigenvalue weighted by atomic mass is 9.92. The Kier molecular flexibility index (Phi) is 6.70. The lowest BCUT2D eigenvalue weighted by molar-refractivity contribution is 0.0721. The zero-order chi connectivity index (χ0) is 28.9. The summed E-state index contributed by atoms with van der Waals surface area (Å²) in [6.07, 6.45) is 0. The molecule has 5 aromatic carbocycles. The van der Waals surface area contributed by atoms with Gasteiger partial charge < -0.3 is 9.47 Å². The average molecular weight is 554 g/mol. The molecular weight excluding hydrogens is 538 g/mol. The molecule has 0 aliphatic rings. The van der Waals surface area contributed by atoms with Gasteiger partial charge in [-0.15, -0.1) is 0 Å². The predicted molar refractivity (Wildman–Crippen MR) is 133 cm³/mol. The van der Waals surface area contributed by atoms with E-state index in [0.29, 0.717) is 44.8 Å². The molecule has 0 fully saturated rings. The maximum atomic E-state index is 14.2. The fourth-order valence-corrected chi connectivity index (χ4v) is 4.58. The molecule has 10 heteroatoms. The summed E-state index contributed by atoms with van der Waals surface area (Å²) in [7, 11) is 0. The van der Waals surface area contributed by atoms with Crippen molar-refractivity contribution < 1.29 is 45.4 Å². The summed E-state index contributed by atoms with van der Waals surface area (Å²) in [5.41, 5.74) is -0.563. The summed E-state index contributed by atoms with van der Waals surface area (Å²) in [6, 6.07) is 12.1. The number of esters is 2. The molecule has 0 amide bonds. The minimum atomic E-state index is -1.82. The molecule has 0 aliphatic heterocycles. The van der Waals surface area contributed by atoms with Gasteiger partial charge in [0.05, 0.1) is 11.1 Å². The van der Waals surface area contributed by atoms with Gasteiger partial charge in [0, 0.05) is 10.8 Å². The first kappa shape index (κ1) is 26.7. The minimum Gasteiger partial charge on any atom is -0.422 e. The van der Waals surface area contributed by atoms with Crippen molar-refractivity contribution in [3.05, 3.63) is 118 Å². The molecule has 202 valence electrons. The first-order valence-corrected chi connectivity index (χ1v) is 11.7. The average Bonchev–Trinajstić information content (AvgIpc) is 2.93. The minimum absolute atomic E-state index is 0.0538. The van der Waals surface area contributed by atoms with Crippen LogP contribution in [0, 0.1) is 48.8 Å². The molecule has 0 atom stereocenters. The molecule has 40 heavy (non-hydrogen) atoms. The van der Waals surface area contributed by atoms with Crippen molar-refractivity contribution >= 4 is 33.5 Å². The van der Waals surface area contributed by atoms with Crippen LogP contribution in [0.2, 0.25) is 0 Å². The zero-order valence-corrected chi connectivity index (χ0v) is 20.7. The number of aryl methyl sites for hydroxylation is 2. The van der Waals surface area contributed by atoms with Crippen molar-refractivity contribution in [2.75, 3.05) is 0 Å². The van der Waals surface area contributed by atoms with Gasteiger partial charge in [0.1, 0.15) is 11.5 Å². The Morgan fingerprint density at radius 3 is 1.32 bits per heavy atom. The SMILES string of the molecule is Cc1c2cccc(OC(=O)c3ccc(F)c(F)c3F)c2c(C)c2c(OC(=O)c3ccc(F)c(F)c3F)cccc12. The number of carbonyl (C=O) groups excluding carboxylic acids is 2.